The van der Waals surface area contributed by atoms with Crippen LogP contribution in [0.4, 0.5) is 5.69 Å². The number of rotatable bonds is 6. The van der Waals surface area contributed by atoms with Gasteiger partial charge in [0.25, 0.3) is 0 Å². The van der Waals surface area contributed by atoms with Crippen molar-refractivity contribution in [2.75, 3.05) is 18.7 Å². The molecule has 0 unspecified atom stereocenters. The van der Waals surface area contributed by atoms with E-state index in [1.807, 2.05) is 30.3 Å². The summed E-state index contributed by atoms with van der Waals surface area (Å²) >= 11 is 3.51. The van der Waals surface area contributed by atoms with E-state index in [1.165, 1.54) is 0 Å². The molecule has 0 saturated heterocycles. The van der Waals surface area contributed by atoms with E-state index in [4.69, 9.17) is 14.2 Å². The molecule has 0 spiro atoms. The second-order valence-electron chi connectivity index (χ2n) is 5.02. The average Bonchev–Trinajstić information content (AvgIpc) is 2.99. The van der Waals surface area contributed by atoms with Gasteiger partial charge in [0.15, 0.2) is 11.5 Å². The summed E-state index contributed by atoms with van der Waals surface area (Å²) in [6.45, 7) is 3.79. The van der Waals surface area contributed by atoms with Crippen LogP contribution in [0.3, 0.4) is 0 Å². The van der Waals surface area contributed by atoms with Gasteiger partial charge in [0.05, 0.1) is 6.61 Å². The van der Waals surface area contributed by atoms with Gasteiger partial charge in [0.2, 0.25) is 6.79 Å². The van der Waals surface area contributed by atoms with E-state index in [9.17, 15) is 0 Å². The summed E-state index contributed by atoms with van der Waals surface area (Å²) in [4.78, 5) is 0. The first-order valence-corrected chi connectivity index (χ1v) is 8.10. The van der Waals surface area contributed by atoms with Crippen LogP contribution >= 0.6 is 15.9 Å². The minimum atomic E-state index is 0.291. The Bertz CT molecular complexity index is 660. The van der Waals surface area contributed by atoms with Crippen molar-refractivity contribution in [1.82, 2.24) is 0 Å². The van der Waals surface area contributed by atoms with E-state index < -0.39 is 0 Å². The molecule has 1 N–H and O–H groups in total. The van der Waals surface area contributed by atoms with E-state index in [1.54, 1.807) is 0 Å². The third kappa shape index (κ3) is 3.47. The number of anilines is 1. The molecule has 4 nitrogen and oxygen atoms in total. The van der Waals surface area contributed by atoms with Gasteiger partial charge < -0.3 is 19.5 Å². The fourth-order valence-corrected chi connectivity index (χ4v) is 2.65. The van der Waals surface area contributed by atoms with Crippen LogP contribution in [0.1, 0.15) is 18.9 Å². The van der Waals surface area contributed by atoms with Crippen LogP contribution in [-0.4, -0.2) is 13.4 Å². The number of fused-ring (bicyclic) bond motifs is 1. The van der Waals surface area contributed by atoms with Crippen molar-refractivity contribution in [2.24, 2.45) is 0 Å². The van der Waals surface area contributed by atoms with Gasteiger partial charge in [-0.3, -0.25) is 0 Å². The van der Waals surface area contributed by atoms with Crippen LogP contribution in [-0.2, 0) is 6.54 Å². The maximum atomic E-state index is 5.80. The Morgan fingerprint density at radius 3 is 2.86 bits per heavy atom. The predicted molar refractivity (Wildman–Crippen MR) is 89.8 cm³/mol. The Kier molecular flexibility index (Phi) is 4.73. The summed E-state index contributed by atoms with van der Waals surface area (Å²) < 4.78 is 17.6. The van der Waals surface area contributed by atoms with Gasteiger partial charge >= 0.3 is 0 Å². The zero-order valence-corrected chi connectivity index (χ0v) is 14.0. The number of ether oxygens (including phenoxy) is 3. The Hall–Kier alpha value is -1.88. The van der Waals surface area contributed by atoms with Crippen molar-refractivity contribution in [2.45, 2.75) is 19.9 Å². The lowest BCUT2D eigenvalue weighted by molar-refractivity contribution is 0.174. The summed E-state index contributed by atoms with van der Waals surface area (Å²) in [7, 11) is 0. The van der Waals surface area contributed by atoms with Crippen molar-refractivity contribution in [1.29, 1.82) is 0 Å². The van der Waals surface area contributed by atoms with Crippen LogP contribution < -0.4 is 19.5 Å². The normalized spacial score (nSPS) is 12.3. The molecule has 0 atom stereocenters. The molecule has 0 aromatic heterocycles. The summed E-state index contributed by atoms with van der Waals surface area (Å²) in [5.74, 6) is 2.49. The maximum Gasteiger partial charge on any atom is 0.231 e. The van der Waals surface area contributed by atoms with Crippen molar-refractivity contribution >= 4 is 21.6 Å². The molecule has 0 aliphatic carbocycles. The van der Waals surface area contributed by atoms with Crippen LogP contribution in [0.5, 0.6) is 17.2 Å². The van der Waals surface area contributed by atoms with Gasteiger partial charge in [-0.15, -0.1) is 0 Å². The fourth-order valence-electron chi connectivity index (χ4n) is 2.24. The molecule has 116 valence electrons. The molecule has 1 heterocycles. The Labute approximate surface area is 138 Å². The predicted octanol–water partition coefficient (Wildman–Crippen LogP) is 4.58. The second kappa shape index (κ2) is 6.92. The molecule has 0 bridgehead atoms. The quantitative estimate of drug-likeness (QED) is 0.815. The fraction of sp³-hybridized carbons (Fsp3) is 0.294. The molecule has 2 aromatic carbocycles. The Morgan fingerprint density at radius 2 is 2.00 bits per heavy atom. The number of hydrogen-bond donors (Lipinski definition) is 1. The highest BCUT2D eigenvalue weighted by Gasteiger charge is 2.13. The van der Waals surface area contributed by atoms with E-state index in [0.717, 1.165) is 46.0 Å². The molecule has 0 fully saturated rings. The van der Waals surface area contributed by atoms with Crippen LogP contribution in [0.15, 0.2) is 40.9 Å². The van der Waals surface area contributed by atoms with Gasteiger partial charge in [-0.1, -0.05) is 22.9 Å². The summed E-state index contributed by atoms with van der Waals surface area (Å²) in [5.41, 5.74) is 2.10. The summed E-state index contributed by atoms with van der Waals surface area (Å²) in [6.07, 6.45) is 0.991. The first-order valence-electron chi connectivity index (χ1n) is 7.31. The van der Waals surface area contributed by atoms with E-state index in [-0.39, 0.29) is 0 Å². The van der Waals surface area contributed by atoms with E-state index in [0.29, 0.717) is 13.3 Å². The maximum absolute atomic E-state index is 5.80. The molecule has 2 aromatic rings. The van der Waals surface area contributed by atoms with Crippen molar-refractivity contribution in [3.05, 3.63) is 46.4 Å². The Morgan fingerprint density at radius 1 is 1.14 bits per heavy atom. The lowest BCUT2D eigenvalue weighted by Gasteiger charge is -2.13. The van der Waals surface area contributed by atoms with Crippen LogP contribution in [0.2, 0.25) is 0 Å². The zero-order valence-electron chi connectivity index (χ0n) is 12.4. The number of nitrogens with one attached hydrogen (secondary N) is 1. The highest BCUT2D eigenvalue weighted by molar-refractivity contribution is 9.10. The molecule has 0 amide bonds. The third-order valence-corrected chi connectivity index (χ3v) is 3.83. The van der Waals surface area contributed by atoms with Crippen molar-refractivity contribution in [3.63, 3.8) is 0 Å². The number of benzene rings is 2. The molecule has 0 radical (unpaired) electrons. The molecule has 1 aliphatic heterocycles. The number of hydrogen-bond acceptors (Lipinski definition) is 4. The monoisotopic (exact) mass is 363 g/mol. The molecule has 1 aliphatic rings. The lowest BCUT2D eigenvalue weighted by Crippen LogP contribution is -2.04. The number of halogens is 1. The second-order valence-corrected chi connectivity index (χ2v) is 5.94. The highest BCUT2D eigenvalue weighted by Crippen LogP contribution is 2.34. The minimum Gasteiger partial charge on any atom is -0.493 e. The van der Waals surface area contributed by atoms with Crippen LogP contribution in [0, 0.1) is 0 Å². The Balaban J connectivity index is 1.71. The smallest absolute Gasteiger partial charge is 0.231 e. The largest absolute Gasteiger partial charge is 0.493 e. The standard InChI is InChI=1S/C17H18BrNO3/c1-2-7-20-15-5-3-13(18)8-12(15)10-19-14-4-6-16-17(9-14)22-11-21-16/h3-6,8-9,19H,2,7,10-11H2,1H3. The summed E-state index contributed by atoms with van der Waals surface area (Å²) in [6, 6.07) is 11.9. The van der Waals surface area contributed by atoms with Gasteiger partial charge in [-0.2, -0.15) is 0 Å². The van der Waals surface area contributed by atoms with Gasteiger partial charge in [-0.25, -0.2) is 0 Å². The summed E-state index contributed by atoms with van der Waals surface area (Å²) in [5, 5.41) is 3.40. The van der Waals surface area contributed by atoms with Crippen molar-refractivity contribution in [3.8, 4) is 17.2 Å². The average molecular weight is 364 g/mol. The van der Waals surface area contributed by atoms with Gasteiger partial charge in [0, 0.05) is 28.3 Å². The molecular weight excluding hydrogens is 346 g/mol. The van der Waals surface area contributed by atoms with Crippen molar-refractivity contribution < 1.29 is 14.2 Å². The minimum absolute atomic E-state index is 0.291. The molecule has 0 saturated carbocycles. The first kappa shape index (κ1) is 15.0. The SMILES string of the molecule is CCCOc1ccc(Br)cc1CNc1ccc2c(c1)OCO2. The topological polar surface area (TPSA) is 39.7 Å². The third-order valence-electron chi connectivity index (χ3n) is 3.34. The molecular formula is C17H18BrNO3. The first-order chi connectivity index (χ1) is 10.8. The zero-order chi connectivity index (χ0) is 15.4. The molecule has 3 rings (SSSR count). The lowest BCUT2D eigenvalue weighted by atomic mass is 10.2. The molecule has 5 heteroatoms. The van der Waals surface area contributed by atoms with Gasteiger partial charge in [0.1, 0.15) is 5.75 Å². The van der Waals surface area contributed by atoms with Crippen LogP contribution in [0.25, 0.3) is 0 Å². The van der Waals surface area contributed by atoms with E-state index in [2.05, 4.69) is 34.2 Å². The van der Waals surface area contributed by atoms with Gasteiger partial charge in [-0.05, 0) is 36.8 Å². The highest BCUT2D eigenvalue weighted by atomic mass is 79.9. The molecule has 22 heavy (non-hydrogen) atoms. The van der Waals surface area contributed by atoms with E-state index >= 15 is 0 Å².